The lowest BCUT2D eigenvalue weighted by molar-refractivity contribution is 0.0690. The number of aromatic carboxylic acids is 1. The molecular weight excluding hydrogens is 320 g/mol. The quantitative estimate of drug-likeness (QED) is 0.867. The lowest BCUT2D eigenvalue weighted by Gasteiger charge is -2.32. The second-order valence-corrected chi connectivity index (χ2v) is 6.42. The molecule has 0 bridgehead atoms. The maximum atomic E-state index is 10.9. The predicted octanol–water partition coefficient (Wildman–Crippen LogP) is 2.52. The van der Waals surface area contributed by atoms with Gasteiger partial charge in [-0.25, -0.2) is 9.48 Å². The van der Waals surface area contributed by atoms with Crippen LogP contribution in [0.2, 0.25) is 0 Å². The molecule has 1 aromatic heterocycles. The van der Waals surface area contributed by atoms with Crippen LogP contribution in [0.4, 0.5) is 0 Å². The summed E-state index contributed by atoms with van der Waals surface area (Å²) in [6.45, 7) is 7.62. The molecule has 2 heterocycles. The second-order valence-electron chi connectivity index (χ2n) is 6.42. The van der Waals surface area contributed by atoms with E-state index in [1.807, 2.05) is 13.0 Å². The molecule has 2 aromatic rings. The lowest BCUT2D eigenvalue weighted by atomic mass is 10.0. The first-order valence-electron chi connectivity index (χ1n) is 8.66. The van der Waals surface area contributed by atoms with Gasteiger partial charge in [-0.2, -0.15) is 0 Å². The standard InChI is InChI=1S/C18H24N4O3/c1-3-25-16-5-4-14(13(2)10-16)11-21-8-6-15(7-9-21)22-12-17(18(23)24)19-20-22/h4-5,10,12,15H,3,6-9,11H2,1-2H3,(H,23,24). The molecule has 1 saturated heterocycles. The summed E-state index contributed by atoms with van der Waals surface area (Å²) in [7, 11) is 0. The van der Waals surface area contributed by atoms with Crippen molar-refractivity contribution in [2.45, 2.75) is 39.3 Å². The third kappa shape index (κ3) is 4.17. The summed E-state index contributed by atoms with van der Waals surface area (Å²) in [5.41, 5.74) is 2.57. The lowest BCUT2D eigenvalue weighted by Crippen LogP contribution is -2.34. The second kappa shape index (κ2) is 7.65. The minimum absolute atomic E-state index is 0.00689. The summed E-state index contributed by atoms with van der Waals surface area (Å²) in [5.74, 6) is -0.113. The van der Waals surface area contributed by atoms with E-state index >= 15 is 0 Å². The normalized spacial score (nSPS) is 16.1. The summed E-state index contributed by atoms with van der Waals surface area (Å²) in [5, 5.41) is 16.6. The van der Waals surface area contributed by atoms with Gasteiger partial charge < -0.3 is 9.84 Å². The fraction of sp³-hybridized carbons (Fsp3) is 0.500. The number of carboxylic acids is 1. The van der Waals surface area contributed by atoms with Crippen LogP contribution >= 0.6 is 0 Å². The Bertz CT molecular complexity index is 736. The van der Waals surface area contributed by atoms with Crippen molar-refractivity contribution in [3.05, 3.63) is 41.2 Å². The maximum Gasteiger partial charge on any atom is 0.358 e. The van der Waals surface area contributed by atoms with Crippen LogP contribution < -0.4 is 4.74 Å². The molecule has 7 heteroatoms. The maximum absolute atomic E-state index is 10.9. The average molecular weight is 344 g/mol. The molecule has 3 rings (SSSR count). The van der Waals surface area contributed by atoms with Crippen molar-refractivity contribution in [1.82, 2.24) is 19.9 Å². The Labute approximate surface area is 147 Å². The third-order valence-corrected chi connectivity index (χ3v) is 4.68. The van der Waals surface area contributed by atoms with Gasteiger partial charge in [-0.3, -0.25) is 4.90 Å². The van der Waals surface area contributed by atoms with Crippen LogP contribution in [0.3, 0.4) is 0 Å². The smallest absolute Gasteiger partial charge is 0.358 e. The molecule has 1 aliphatic rings. The van der Waals surface area contributed by atoms with Gasteiger partial charge in [-0.1, -0.05) is 11.3 Å². The van der Waals surface area contributed by atoms with Gasteiger partial charge >= 0.3 is 5.97 Å². The SMILES string of the molecule is CCOc1ccc(CN2CCC(n3cc(C(=O)O)nn3)CC2)c(C)c1. The molecule has 0 saturated carbocycles. The highest BCUT2D eigenvalue weighted by molar-refractivity contribution is 5.84. The molecule has 7 nitrogen and oxygen atoms in total. The Morgan fingerprint density at radius 1 is 1.36 bits per heavy atom. The molecule has 0 amide bonds. The number of benzene rings is 1. The number of hydrogen-bond donors (Lipinski definition) is 1. The van der Waals surface area contributed by atoms with Crippen molar-refractivity contribution in [3.8, 4) is 5.75 Å². The van der Waals surface area contributed by atoms with Crippen LogP contribution in [-0.4, -0.2) is 50.7 Å². The van der Waals surface area contributed by atoms with Gasteiger partial charge in [0, 0.05) is 19.6 Å². The highest BCUT2D eigenvalue weighted by Gasteiger charge is 2.23. The Kier molecular flexibility index (Phi) is 5.33. The largest absolute Gasteiger partial charge is 0.494 e. The van der Waals surface area contributed by atoms with Crippen LogP contribution in [0.5, 0.6) is 5.75 Å². The molecule has 1 aliphatic heterocycles. The highest BCUT2D eigenvalue weighted by Crippen LogP contribution is 2.25. The van der Waals surface area contributed by atoms with Crippen LogP contribution in [0.15, 0.2) is 24.4 Å². The number of carbonyl (C=O) groups is 1. The zero-order chi connectivity index (χ0) is 17.8. The molecule has 25 heavy (non-hydrogen) atoms. The van der Waals surface area contributed by atoms with E-state index in [0.717, 1.165) is 38.2 Å². The van der Waals surface area contributed by atoms with Gasteiger partial charge in [-0.05, 0) is 49.9 Å². The summed E-state index contributed by atoms with van der Waals surface area (Å²) in [6, 6.07) is 6.48. The molecule has 134 valence electrons. The highest BCUT2D eigenvalue weighted by atomic mass is 16.5. The number of carboxylic acid groups (broad SMARTS) is 1. The molecular formula is C18H24N4O3. The number of nitrogens with zero attached hydrogens (tertiary/aromatic N) is 4. The van der Waals surface area contributed by atoms with Gasteiger partial charge in [0.25, 0.3) is 0 Å². The summed E-state index contributed by atoms with van der Waals surface area (Å²) >= 11 is 0. The zero-order valence-corrected chi connectivity index (χ0v) is 14.7. The predicted molar refractivity (Wildman–Crippen MR) is 92.9 cm³/mol. The van der Waals surface area contributed by atoms with Gasteiger partial charge in [-0.15, -0.1) is 5.10 Å². The first-order chi connectivity index (χ1) is 12.1. The van der Waals surface area contributed by atoms with Crippen molar-refractivity contribution < 1.29 is 14.6 Å². The van der Waals surface area contributed by atoms with Gasteiger partial charge in [0.05, 0.1) is 18.8 Å². The van der Waals surface area contributed by atoms with E-state index in [1.165, 1.54) is 17.3 Å². The van der Waals surface area contributed by atoms with Crippen LogP contribution in [0, 0.1) is 6.92 Å². The first-order valence-corrected chi connectivity index (χ1v) is 8.66. The molecule has 0 spiro atoms. The van der Waals surface area contributed by atoms with Crippen molar-refractivity contribution in [2.75, 3.05) is 19.7 Å². The molecule has 1 aromatic carbocycles. The van der Waals surface area contributed by atoms with Gasteiger partial charge in [0.2, 0.25) is 0 Å². The number of rotatable bonds is 6. The fourth-order valence-corrected chi connectivity index (χ4v) is 3.24. The first kappa shape index (κ1) is 17.4. The van der Waals surface area contributed by atoms with Crippen LogP contribution in [0.1, 0.15) is 47.4 Å². The molecule has 1 N–H and O–H groups in total. The van der Waals surface area contributed by atoms with Crippen molar-refractivity contribution >= 4 is 5.97 Å². The molecule has 0 aliphatic carbocycles. The minimum atomic E-state index is -1.03. The number of aryl methyl sites for hydroxylation is 1. The number of likely N-dealkylation sites (tertiary alicyclic amines) is 1. The molecule has 0 radical (unpaired) electrons. The Hall–Kier alpha value is -2.41. The van der Waals surface area contributed by atoms with Crippen LogP contribution in [0.25, 0.3) is 0 Å². The van der Waals surface area contributed by atoms with E-state index < -0.39 is 5.97 Å². The number of ether oxygens (including phenoxy) is 1. The fourth-order valence-electron chi connectivity index (χ4n) is 3.24. The van der Waals surface area contributed by atoms with E-state index in [-0.39, 0.29) is 11.7 Å². The van der Waals surface area contributed by atoms with Gasteiger partial charge in [0.1, 0.15) is 5.75 Å². The molecule has 1 fully saturated rings. The molecule has 0 unspecified atom stereocenters. The van der Waals surface area contributed by atoms with E-state index in [1.54, 1.807) is 4.68 Å². The minimum Gasteiger partial charge on any atom is -0.494 e. The van der Waals surface area contributed by atoms with Gasteiger partial charge in [0.15, 0.2) is 5.69 Å². The zero-order valence-electron chi connectivity index (χ0n) is 14.7. The van der Waals surface area contributed by atoms with Crippen molar-refractivity contribution in [2.24, 2.45) is 0 Å². The van der Waals surface area contributed by atoms with E-state index in [4.69, 9.17) is 9.84 Å². The number of aromatic nitrogens is 3. The number of hydrogen-bond acceptors (Lipinski definition) is 5. The Morgan fingerprint density at radius 2 is 2.12 bits per heavy atom. The van der Waals surface area contributed by atoms with Crippen LogP contribution in [-0.2, 0) is 6.54 Å². The van der Waals surface area contributed by atoms with E-state index in [2.05, 4.69) is 34.3 Å². The topological polar surface area (TPSA) is 80.5 Å². The molecule has 0 atom stereocenters. The van der Waals surface area contributed by atoms with E-state index in [9.17, 15) is 4.79 Å². The number of piperidine rings is 1. The van der Waals surface area contributed by atoms with Crippen molar-refractivity contribution in [1.29, 1.82) is 0 Å². The monoisotopic (exact) mass is 344 g/mol. The summed E-state index contributed by atoms with van der Waals surface area (Å²) in [6.07, 6.45) is 3.41. The Balaban J connectivity index is 1.56. The summed E-state index contributed by atoms with van der Waals surface area (Å²) in [4.78, 5) is 13.3. The van der Waals surface area contributed by atoms with Crippen molar-refractivity contribution in [3.63, 3.8) is 0 Å². The third-order valence-electron chi connectivity index (χ3n) is 4.68. The Morgan fingerprint density at radius 3 is 2.72 bits per heavy atom. The summed E-state index contributed by atoms with van der Waals surface area (Å²) < 4.78 is 7.24. The van der Waals surface area contributed by atoms with E-state index in [0.29, 0.717) is 6.61 Å². The average Bonchev–Trinajstić information content (AvgIpc) is 3.09.